The van der Waals surface area contributed by atoms with Gasteiger partial charge in [-0.25, -0.2) is 0 Å². The van der Waals surface area contributed by atoms with Crippen LogP contribution >= 0.6 is 0 Å². The summed E-state index contributed by atoms with van der Waals surface area (Å²) >= 11 is 0. The van der Waals surface area contributed by atoms with Crippen molar-refractivity contribution in [3.8, 4) is 17.2 Å². The van der Waals surface area contributed by atoms with Crippen molar-refractivity contribution in [2.45, 2.75) is 0 Å². The lowest BCUT2D eigenvalue weighted by molar-refractivity contribution is 0.409. The highest BCUT2D eigenvalue weighted by molar-refractivity contribution is 5.97. The molecule has 2 aromatic carbocycles. The molecule has 0 atom stereocenters. The Hall–Kier alpha value is -2.49. The van der Waals surface area contributed by atoms with E-state index in [0.29, 0.717) is 22.8 Å². The lowest BCUT2D eigenvalue weighted by Gasteiger charge is -2.11. The van der Waals surface area contributed by atoms with Crippen LogP contribution in [-0.4, -0.2) is 12.9 Å². The molecule has 0 amide bonds. The lowest BCUT2D eigenvalue weighted by Crippen LogP contribution is -2.12. The van der Waals surface area contributed by atoms with E-state index in [4.69, 9.17) is 20.6 Å². The Morgan fingerprint density at radius 3 is 2.39 bits per heavy atom. The van der Waals surface area contributed by atoms with Gasteiger partial charge in [0.2, 0.25) is 0 Å². The van der Waals surface area contributed by atoms with Gasteiger partial charge in [-0.15, -0.1) is 0 Å². The van der Waals surface area contributed by atoms with E-state index in [0.717, 1.165) is 0 Å². The van der Waals surface area contributed by atoms with Gasteiger partial charge in [0.15, 0.2) is 0 Å². The van der Waals surface area contributed by atoms with Crippen LogP contribution in [0.3, 0.4) is 0 Å². The molecule has 0 aliphatic heterocycles. The fourth-order valence-electron chi connectivity index (χ4n) is 1.55. The third-order valence-electron chi connectivity index (χ3n) is 2.45. The smallest absolute Gasteiger partial charge is 0.142 e. The van der Waals surface area contributed by atoms with Crippen molar-refractivity contribution in [3.63, 3.8) is 0 Å². The van der Waals surface area contributed by atoms with Crippen LogP contribution in [0.5, 0.6) is 17.2 Å². The summed E-state index contributed by atoms with van der Waals surface area (Å²) in [4.78, 5) is 0. The third kappa shape index (κ3) is 2.60. The van der Waals surface area contributed by atoms with Crippen LogP contribution in [0, 0.1) is 5.41 Å². The van der Waals surface area contributed by atoms with Crippen molar-refractivity contribution in [1.82, 2.24) is 0 Å². The molecular weight excluding hydrogens is 228 g/mol. The number of amidine groups is 1. The van der Waals surface area contributed by atoms with Gasteiger partial charge < -0.3 is 15.2 Å². The standard InChI is InChI=1S/C14H14N2O2/c1-17-11-7-8-12(14(15)16)13(9-11)18-10-5-3-2-4-6-10/h2-9H,1H3,(H3,15,16). The number of hydrogen-bond donors (Lipinski definition) is 2. The molecule has 0 bridgehead atoms. The van der Waals surface area contributed by atoms with Crippen LogP contribution in [0.1, 0.15) is 5.56 Å². The monoisotopic (exact) mass is 242 g/mol. The molecule has 0 radical (unpaired) electrons. The van der Waals surface area contributed by atoms with Gasteiger partial charge in [0.1, 0.15) is 23.1 Å². The van der Waals surface area contributed by atoms with Gasteiger partial charge in [0.05, 0.1) is 12.7 Å². The van der Waals surface area contributed by atoms with Gasteiger partial charge in [-0.3, -0.25) is 5.41 Å². The predicted octanol–water partition coefficient (Wildman–Crippen LogP) is 2.77. The number of para-hydroxylation sites is 1. The number of benzene rings is 2. The molecule has 3 N–H and O–H groups in total. The minimum Gasteiger partial charge on any atom is -0.497 e. The van der Waals surface area contributed by atoms with E-state index < -0.39 is 0 Å². The molecule has 0 aromatic heterocycles. The number of hydrogen-bond acceptors (Lipinski definition) is 3. The van der Waals surface area contributed by atoms with Crippen LogP contribution in [0.15, 0.2) is 48.5 Å². The molecule has 0 unspecified atom stereocenters. The minimum absolute atomic E-state index is 0.0383. The molecule has 0 heterocycles. The Bertz CT molecular complexity index is 553. The van der Waals surface area contributed by atoms with Crippen LogP contribution in [0.2, 0.25) is 0 Å². The Balaban J connectivity index is 2.38. The summed E-state index contributed by atoms with van der Waals surface area (Å²) in [5, 5.41) is 7.53. The maximum atomic E-state index is 7.53. The molecule has 18 heavy (non-hydrogen) atoms. The van der Waals surface area contributed by atoms with Gasteiger partial charge in [-0.05, 0) is 24.3 Å². The molecule has 2 rings (SSSR count). The van der Waals surface area contributed by atoms with Gasteiger partial charge in [0.25, 0.3) is 0 Å². The van der Waals surface area contributed by atoms with Crippen molar-refractivity contribution in [1.29, 1.82) is 5.41 Å². The molecule has 0 aliphatic carbocycles. The van der Waals surface area contributed by atoms with E-state index in [1.807, 2.05) is 30.3 Å². The van der Waals surface area contributed by atoms with Gasteiger partial charge in [-0.1, -0.05) is 18.2 Å². The van der Waals surface area contributed by atoms with Crippen LogP contribution in [-0.2, 0) is 0 Å². The Kier molecular flexibility index (Phi) is 3.48. The first-order valence-corrected chi connectivity index (χ1v) is 5.46. The van der Waals surface area contributed by atoms with Crippen LogP contribution in [0.4, 0.5) is 0 Å². The second-order valence-electron chi connectivity index (χ2n) is 3.69. The van der Waals surface area contributed by atoms with E-state index >= 15 is 0 Å². The quantitative estimate of drug-likeness (QED) is 0.639. The van der Waals surface area contributed by atoms with Crippen LogP contribution in [0.25, 0.3) is 0 Å². The molecule has 4 nitrogen and oxygen atoms in total. The fraction of sp³-hybridized carbons (Fsp3) is 0.0714. The maximum absolute atomic E-state index is 7.53. The lowest BCUT2D eigenvalue weighted by atomic mass is 10.1. The summed E-state index contributed by atoms with van der Waals surface area (Å²) in [6.45, 7) is 0. The first kappa shape index (κ1) is 12.0. The molecule has 92 valence electrons. The van der Waals surface area contributed by atoms with Crippen LogP contribution < -0.4 is 15.2 Å². The third-order valence-corrected chi connectivity index (χ3v) is 2.45. The second kappa shape index (κ2) is 5.23. The predicted molar refractivity (Wildman–Crippen MR) is 70.5 cm³/mol. The summed E-state index contributed by atoms with van der Waals surface area (Å²) in [6.07, 6.45) is 0. The number of nitrogen functional groups attached to an aromatic ring is 1. The Morgan fingerprint density at radius 1 is 1.06 bits per heavy atom. The zero-order valence-electron chi connectivity index (χ0n) is 10.0. The van der Waals surface area contributed by atoms with Crippen molar-refractivity contribution in [2.24, 2.45) is 5.73 Å². The fourth-order valence-corrected chi connectivity index (χ4v) is 1.55. The van der Waals surface area contributed by atoms with E-state index in [2.05, 4.69) is 0 Å². The summed E-state index contributed by atoms with van der Waals surface area (Å²) in [5.74, 6) is 1.82. The zero-order valence-corrected chi connectivity index (χ0v) is 10.0. The molecule has 4 heteroatoms. The Morgan fingerprint density at radius 2 is 1.78 bits per heavy atom. The Labute approximate surface area is 105 Å². The van der Waals surface area contributed by atoms with Gasteiger partial charge in [0, 0.05) is 6.07 Å². The largest absolute Gasteiger partial charge is 0.497 e. The number of rotatable bonds is 4. The molecule has 0 saturated carbocycles. The first-order valence-electron chi connectivity index (χ1n) is 5.46. The van der Waals surface area contributed by atoms with E-state index in [1.54, 1.807) is 25.3 Å². The van der Waals surface area contributed by atoms with Gasteiger partial charge >= 0.3 is 0 Å². The van der Waals surface area contributed by atoms with Gasteiger partial charge in [-0.2, -0.15) is 0 Å². The first-order chi connectivity index (χ1) is 8.70. The van der Waals surface area contributed by atoms with Crippen molar-refractivity contribution in [2.75, 3.05) is 7.11 Å². The minimum atomic E-state index is -0.0383. The highest BCUT2D eigenvalue weighted by atomic mass is 16.5. The number of nitrogens with two attached hydrogens (primary N) is 1. The molecule has 2 aromatic rings. The van der Waals surface area contributed by atoms with E-state index in [9.17, 15) is 0 Å². The average Bonchev–Trinajstić information content (AvgIpc) is 2.39. The molecule has 0 spiro atoms. The number of nitrogens with one attached hydrogen (secondary N) is 1. The van der Waals surface area contributed by atoms with Crippen molar-refractivity contribution >= 4 is 5.84 Å². The summed E-state index contributed by atoms with van der Waals surface area (Å²) in [5.41, 5.74) is 6.06. The summed E-state index contributed by atoms with van der Waals surface area (Å²) in [7, 11) is 1.58. The molecule has 0 aliphatic rings. The highest BCUT2D eigenvalue weighted by Gasteiger charge is 2.09. The molecule has 0 fully saturated rings. The number of ether oxygens (including phenoxy) is 2. The summed E-state index contributed by atoms with van der Waals surface area (Å²) in [6, 6.07) is 14.5. The molecular formula is C14H14N2O2. The average molecular weight is 242 g/mol. The maximum Gasteiger partial charge on any atom is 0.142 e. The van der Waals surface area contributed by atoms with E-state index in [-0.39, 0.29) is 5.84 Å². The van der Waals surface area contributed by atoms with Crippen molar-refractivity contribution < 1.29 is 9.47 Å². The number of methoxy groups -OCH3 is 1. The van der Waals surface area contributed by atoms with E-state index in [1.165, 1.54) is 0 Å². The zero-order chi connectivity index (χ0) is 13.0. The SMILES string of the molecule is COc1ccc(C(=N)N)c(Oc2ccccc2)c1. The highest BCUT2D eigenvalue weighted by Crippen LogP contribution is 2.29. The second-order valence-corrected chi connectivity index (χ2v) is 3.69. The topological polar surface area (TPSA) is 68.3 Å². The normalized spacial score (nSPS) is 9.83. The summed E-state index contributed by atoms with van der Waals surface area (Å²) < 4.78 is 10.8. The van der Waals surface area contributed by atoms with Crippen molar-refractivity contribution in [3.05, 3.63) is 54.1 Å². The molecule has 0 saturated heterocycles.